The number of amides is 5. The summed E-state index contributed by atoms with van der Waals surface area (Å²) in [4.78, 5) is 53.5. The zero-order valence-electron chi connectivity index (χ0n) is 14.9. The minimum absolute atomic E-state index is 0.00516. The Morgan fingerprint density at radius 1 is 1.12 bits per heavy atom. The molecule has 25 heavy (non-hydrogen) atoms. The van der Waals surface area contributed by atoms with Gasteiger partial charge in [0.25, 0.3) is 5.91 Å². The predicted molar refractivity (Wildman–Crippen MR) is 89.4 cm³/mol. The van der Waals surface area contributed by atoms with Crippen LogP contribution in [0, 0.1) is 5.92 Å². The first kappa shape index (κ1) is 17.7. The smallest absolute Gasteiger partial charge is 0.325 e. The minimum atomic E-state index is -0.830. The number of hydrogen-bond acceptors (Lipinski definition) is 4. The summed E-state index contributed by atoms with van der Waals surface area (Å²) in [5, 5.41) is 2.86. The lowest BCUT2D eigenvalue weighted by Crippen LogP contribution is -2.55. The highest BCUT2D eigenvalue weighted by Crippen LogP contribution is 2.38. The van der Waals surface area contributed by atoms with E-state index in [0.717, 1.165) is 24.2 Å². The lowest BCUT2D eigenvalue weighted by Gasteiger charge is -2.37. The van der Waals surface area contributed by atoms with Gasteiger partial charge in [0.15, 0.2) is 0 Å². The third-order valence-electron chi connectivity index (χ3n) is 5.87. The van der Waals surface area contributed by atoms with E-state index in [0.29, 0.717) is 32.6 Å². The molecule has 1 aliphatic carbocycles. The minimum Gasteiger partial charge on any atom is -0.339 e. The van der Waals surface area contributed by atoms with E-state index < -0.39 is 11.6 Å². The summed E-state index contributed by atoms with van der Waals surface area (Å²) >= 11 is 0. The van der Waals surface area contributed by atoms with Gasteiger partial charge in [0.2, 0.25) is 11.8 Å². The number of nitrogens with one attached hydrogen (secondary N) is 1. The normalized spacial score (nSPS) is 30.0. The summed E-state index contributed by atoms with van der Waals surface area (Å²) in [5.74, 6) is -0.432. The first-order valence-electron chi connectivity index (χ1n) is 9.02. The molecule has 0 aromatic rings. The molecule has 138 valence electrons. The van der Waals surface area contributed by atoms with Crippen LogP contribution >= 0.6 is 0 Å². The Balaban J connectivity index is 1.63. The van der Waals surface area contributed by atoms with Crippen molar-refractivity contribution in [2.75, 3.05) is 32.7 Å². The van der Waals surface area contributed by atoms with Gasteiger partial charge in [0.05, 0.1) is 0 Å². The molecule has 0 bridgehead atoms. The van der Waals surface area contributed by atoms with Crippen molar-refractivity contribution < 1.29 is 19.2 Å². The second-order valence-electron chi connectivity index (χ2n) is 7.33. The van der Waals surface area contributed by atoms with Crippen molar-refractivity contribution in [1.82, 2.24) is 20.0 Å². The number of carbonyl (C=O) groups excluding carboxylic acids is 4. The lowest BCUT2D eigenvalue weighted by molar-refractivity contribution is -0.142. The molecule has 2 saturated heterocycles. The predicted octanol–water partition coefficient (Wildman–Crippen LogP) is 0.178. The molecule has 3 rings (SSSR count). The highest BCUT2D eigenvalue weighted by atomic mass is 16.2. The standard InChI is InChI=1S/C17H26N4O4/c1-12-5-3-4-6-17(12)15(24)21(16(25)18-17)11-14(23)20-9-7-19(8-10-20)13(2)22/h12H,3-11H2,1-2H3,(H,18,25). The molecule has 2 heterocycles. The van der Waals surface area contributed by atoms with Crippen molar-refractivity contribution in [3.8, 4) is 0 Å². The van der Waals surface area contributed by atoms with Gasteiger partial charge in [-0.2, -0.15) is 0 Å². The second-order valence-corrected chi connectivity index (χ2v) is 7.33. The van der Waals surface area contributed by atoms with Gasteiger partial charge in [-0.1, -0.05) is 19.8 Å². The SMILES string of the molecule is CC(=O)N1CCN(C(=O)CN2C(=O)NC3(CCCCC3C)C2=O)CC1. The highest BCUT2D eigenvalue weighted by molar-refractivity contribution is 6.09. The van der Waals surface area contributed by atoms with Gasteiger partial charge in [-0.15, -0.1) is 0 Å². The van der Waals surface area contributed by atoms with Crippen LogP contribution in [0.1, 0.15) is 39.5 Å². The fourth-order valence-corrected chi connectivity index (χ4v) is 4.15. The molecule has 1 saturated carbocycles. The Morgan fingerprint density at radius 3 is 2.36 bits per heavy atom. The molecule has 1 spiro atoms. The molecule has 8 nitrogen and oxygen atoms in total. The average Bonchev–Trinajstić information content (AvgIpc) is 2.82. The van der Waals surface area contributed by atoms with Crippen LogP contribution in [0.4, 0.5) is 4.79 Å². The van der Waals surface area contributed by atoms with Crippen LogP contribution in [0.5, 0.6) is 0 Å². The zero-order valence-corrected chi connectivity index (χ0v) is 14.9. The van der Waals surface area contributed by atoms with Crippen LogP contribution in [0.3, 0.4) is 0 Å². The number of rotatable bonds is 2. The van der Waals surface area contributed by atoms with E-state index in [-0.39, 0.29) is 30.2 Å². The number of piperazine rings is 1. The molecule has 0 aromatic heterocycles. The highest BCUT2D eigenvalue weighted by Gasteiger charge is 2.55. The number of imide groups is 1. The quantitative estimate of drug-likeness (QED) is 0.719. The maximum Gasteiger partial charge on any atom is 0.325 e. The van der Waals surface area contributed by atoms with Crippen LogP contribution in [-0.4, -0.2) is 76.7 Å². The van der Waals surface area contributed by atoms with Gasteiger partial charge < -0.3 is 15.1 Å². The summed E-state index contributed by atoms with van der Waals surface area (Å²) < 4.78 is 0. The number of nitrogens with zero attached hydrogens (tertiary/aromatic N) is 3. The second kappa shape index (κ2) is 6.65. The third-order valence-corrected chi connectivity index (χ3v) is 5.87. The van der Waals surface area contributed by atoms with Crippen LogP contribution in [-0.2, 0) is 14.4 Å². The van der Waals surface area contributed by atoms with Gasteiger partial charge >= 0.3 is 6.03 Å². The number of hydrogen-bond donors (Lipinski definition) is 1. The summed E-state index contributed by atoms with van der Waals surface area (Å²) in [5.41, 5.74) is -0.830. The molecule has 2 atom stereocenters. The first-order chi connectivity index (χ1) is 11.8. The van der Waals surface area contributed by atoms with E-state index in [9.17, 15) is 19.2 Å². The van der Waals surface area contributed by atoms with Gasteiger partial charge in [-0.3, -0.25) is 19.3 Å². The van der Waals surface area contributed by atoms with Gasteiger partial charge in [0.1, 0.15) is 12.1 Å². The Kier molecular flexibility index (Phi) is 4.71. The van der Waals surface area contributed by atoms with Gasteiger partial charge in [-0.05, 0) is 18.8 Å². The molecule has 3 fully saturated rings. The Bertz CT molecular complexity index is 599. The molecule has 0 aromatic carbocycles. The van der Waals surface area contributed by atoms with Gasteiger partial charge in [-0.25, -0.2) is 4.79 Å². The molecular weight excluding hydrogens is 324 g/mol. The van der Waals surface area contributed by atoms with E-state index in [1.54, 1.807) is 9.80 Å². The zero-order chi connectivity index (χ0) is 18.2. The summed E-state index contributed by atoms with van der Waals surface area (Å²) in [6, 6.07) is -0.463. The molecule has 0 radical (unpaired) electrons. The van der Waals surface area contributed by atoms with Crippen molar-refractivity contribution in [1.29, 1.82) is 0 Å². The molecule has 8 heteroatoms. The van der Waals surface area contributed by atoms with Crippen LogP contribution in [0.15, 0.2) is 0 Å². The van der Waals surface area contributed by atoms with Crippen molar-refractivity contribution in [3.63, 3.8) is 0 Å². The van der Waals surface area contributed by atoms with Crippen LogP contribution < -0.4 is 5.32 Å². The first-order valence-corrected chi connectivity index (χ1v) is 9.02. The average molecular weight is 350 g/mol. The summed E-state index contributed by atoms with van der Waals surface area (Å²) in [6.45, 7) is 5.12. The van der Waals surface area contributed by atoms with E-state index in [4.69, 9.17) is 0 Å². The van der Waals surface area contributed by atoms with Crippen molar-refractivity contribution >= 4 is 23.8 Å². The largest absolute Gasteiger partial charge is 0.339 e. The van der Waals surface area contributed by atoms with Gasteiger partial charge in [0, 0.05) is 33.1 Å². The number of urea groups is 1. The molecular formula is C17H26N4O4. The summed E-state index contributed by atoms with van der Waals surface area (Å²) in [7, 11) is 0. The van der Waals surface area contributed by atoms with Crippen molar-refractivity contribution in [3.05, 3.63) is 0 Å². The molecule has 5 amide bonds. The Hall–Kier alpha value is -2.12. The topological polar surface area (TPSA) is 90.0 Å². The van der Waals surface area contributed by atoms with Crippen molar-refractivity contribution in [2.45, 2.75) is 45.1 Å². The summed E-state index contributed by atoms with van der Waals surface area (Å²) in [6.07, 6.45) is 3.51. The Morgan fingerprint density at radius 2 is 1.76 bits per heavy atom. The fourth-order valence-electron chi connectivity index (χ4n) is 4.15. The van der Waals surface area contributed by atoms with Crippen LogP contribution in [0.2, 0.25) is 0 Å². The molecule has 1 N–H and O–H groups in total. The van der Waals surface area contributed by atoms with Crippen molar-refractivity contribution in [2.24, 2.45) is 5.92 Å². The molecule has 2 aliphatic heterocycles. The molecule has 2 unspecified atom stereocenters. The monoisotopic (exact) mass is 350 g/mol. The third kappa shape index (κ3) is 3.09. The number of carbonyl (C=O) groups is 4. The van der Waals surface area contributed by atoms with E-state index in [1.165, 1.54) is 6.92 Å². The van der Waals surface area contributed by atoms with E-state index in [1.807, 2.05) is 6.92 Å². The lowest BCUT2D eigenvalue weighted by atomic mass is 9.73. The molecule has 3 aliphatic rings. The van der Waals surface area contributed by atoms with E-state index in [2.05, 4.69) is 5.32 Å². The maximum absolute atomic E-state index is 12.9. The Labute approximate surface area is 147 Å². The maximum atomic E-state index is 12.9. The fraction of sp³-hybridized carbons (Fsp3) is 0.765. The van der Waals surface area contributed by atoms with Crippen LogP contribution in [0.25, 0.3) is 0 Å². The van der Waals surface area contributed by atoms with E-state index >= 15 is 0 Å².